The van der Waals surface area contributed by atoms with E-state index >= 15 is 0 Å². The quantitative estimate of drug-likeness (QED) is 0.135. The summed E-state index contributed by atoms with van der Waals surface area (Å²) in [6.07, 6.45) is 6.18. The number of ketones is 1. The van der Waals surface area contributed by atoms with E-state index in [4.69, 9.17) is 10.5 Å². The van der Waals surface area contributed by atoms with Crippen LogP contribution in [0.2, 0.25) is 0 Å². The summed E-state index contributed by atoms with van der Waals surface area (Å²) in [4.78, 5) is 25.3. The normalized spacial score (nSPS) is 20.6. The molecule has 0 aliphatic heterocycles. The van der Waals surface area contributed by atoms with Crippen molar-refractivity contribution in [2.24, 2.45) is 22.5 Å². The zero-order valence-electron chi connectivity index (χ0n) is 29.1. The van der Waals surface area contributed by atoms with Crippen molar-refractivity contribution in [3.05, 3.63) is 0 Å². The standard InChI is InChI=1S/C30H61B5N2O3S2/c1-10-27(3,4)24(38)14-15-30(9,36)40-17-16-28(5,6)20(25(31)34-32)18-41-22-12-13-23(22)42-19-21(26(39)35-33)37-29(7,8)11-2/h20-23,31,34-35,37H,10-19,32-33,36H2,1-9H3. The van der Waals surface area contributed by atoms with Gasteiger partial charge in [-0.1, -0.05) is 13.8 Å². The molecule has 0 bridgehead atoms. The first kappa shape index (κ1) is 40.1. The Bertz CT molecular complexity index is 889. The molecule has 1 fully saturated rings. The summed E-state index contributed by atoms with van der Waals surface area (Å²) in [6, 6.07) is -0.0720. The molecule has 1 saturated carbocycles. The molecule has 5 atom stereocenters. The van der Waals surface area contributed by atoms with E-state index in [1.54, 1.807) is 0 Å². The Kier molecular flexibility index (Phi) is 16.9. The zero-order valence-corrected chi connectivity index (χ0v) is 30.8. The molecule has 0 aromatic heterocycles. The average Bonchev–Trinajstić information content (AvgIpc) is 2.91. The molecule has 5 unspecified atom stereocenters. The molecule has 1 aliphatic carbocycles. The van der Waals surface area contributed by atoms with Gasteiger partial charge in [-0.25, -0.2) is 0 Å². The first-order valence-corrected chi connectivity index (χ1v) is 18.6. The second kappa shape index (κ2) is 17.7. The van der Waals surface area contributed by atoms with Crippen LogP contribution in [0.3, 0.4) is 0 Å². The predicted octanol–water partition coefficient (Wildman–Crippen LogP) is 2.17. The van der Waals surface area contributed by atoms with Crippen molar-refractivity contribution in [3.8, 4) is 0 Å². The van der Waals surface area contributed by atoms with Gasteiger partial charge in [0.15, 0.2) is 0 Å². The Morgan fingerprint density at radius 3 is 2.02 bits per heavy atom. The minimum absolute atomic E-state index is 0.0247. The fourth-order valence-electron chi connectivity index (χ4n) is 5.13. The maximum atomic E-state index is 12.7. The number of nitrogens with one attached hydrogen (secondary N) is 1. The molecular formula is C30H61B5N2O3S2. The number of hydrogen-bond acceptors (Lipinski definition) is 7. The smallest absolute Gasteiger partial charge is 0.0644 e. The number of nitrogens with two attached hydrogens (primary N) is 1. The SMILES string of the molecule is B=C(BB)C(CSC1CCC1SCC(NC(C)(C)CC)C(=O)BB)C(C)(C)CCOC(C)(N)CCC(=O)C(C)(C)CC. The third-order valence-corrected chi connectivity index (χ3v) is 13.1. The average molecular weight is 616 g/mol. The molecule has 0 radical (unpaired) electrons. The van der Waals surface area contributed by atoms with E-state index in [0.29, 0.717) is 48.7 Å². The van der Waals surface area contributed by atoms with Crippen LogP contribution in [-0.4, -0.2) is 100 Å². The topological polar surface area (TPSA) is 81.4 Å². The van der Waals surface area contributed by atoms with Crippen molar-refractivity contribution in [1.29, 1.82) is 0 Å². The first-order valence-electron chi connectivity index (χ1n) is 16.5. The van der Waals surface area contributed by atoms with Gasteiger partial charge < -0.3 is 0 Å². The molecule has 0 heterocycles. The second-order valence-corrected chi connectivity index (χ2v) is 17.2. The van der Waals surface area contributed by atoms with Gasteiger partial charge in [-0.05, 0) is 0 Å². The monoisotopic (exact) mass is 616 g/mol. The Labute approximate surface area is 272 Å². The minimum Gasteiger partial charge on any atom is -0.0644 e. The number of ether oxygens (including phenoxy) is 1. The summed E-state index contributed by atoms with van der Waals surface area (Å²) in [5.74, 6) is 2.55. The molecule has 0 aromatic carbocycles. The van der Waals surface area contributed by atoms with Crippen LogP contribution in [0.5, 0.6) is 0 Å². The third kappa shape index (κ3) is 13.2. The van der Waals surface area contributed by atoms with Crippen LogP contribution in [0.1, 0.15) is 107 Å². The van der Waals surface area contributed by atoms with E-state index < -0.39 is 5.72 Å². The molecule has 42 heavy (non-hydrogen) atoms. The first-order chi connectivity index (χ1) is 19.3. The minimum atomic E-state index is -0.809. The fraction of sp³-hybridized carbons (Fsp3) is 0.900. The van der Waals surface area contributed by atoms with Gasteiger partial charge in [0.2, 0.25) is 0 Å². The summed E-state index contributed by atoms with van der Waals surface area (Å²) >= 11 is 4.09. The molecule has 3 N–H and O–H groups in total. The summed E-state index contributed by atoms with van der Waals surface area (Å²) < 4.78 is 6.18. The van der Waals surface area contributed by atoms with Crippen LogP contribution in [0.4, 0.5) is 0 Å². The number of hydrogen-bond donors (Lipinski definition) is 2. The van der Waals surface area contributed by atoms with Crippen LogP contribution >= 0.6 is 23.5 Å². The van der Waals surface area contributed by atoms with Gasteiger partial charge in [0, 0.05) is 0 Å². The van der Waals surface area contributed by atoms with Crippen molar-refractivity contribution in [2.75, 3.05) is 18.1 Å². The van der Waals surface area contributed by atoms with Crippen molar-refractivity contribution in [2.45, 2.75) is 135 Å². The molecule has 1 aliphatic rings. The van der Waals surface area contributed by atoms with Gasteiger partial charge in [-0.2, -0.15) is 0 Å². The summed E-state index contributed by atoms with van der Waals surface area (Å²) in [7, 11) is 10.2. The molecular weight excluding hydrogens is 555 g/mol. The number of thioether (sulfide) groups is 2. The summed E-state index contributed by atoms with van der Waals surface area (Å²) in [5, 5.41) is 6.17. The molecule has 0 aromatic rings. The van der Waals surface area contributed by atoms with Crippen LogP contribution < -0.4 is 11.1 Å². The molecule has 0 spiro atoms. The molecule has 5 nitrogen and oxygen atoms in total. The van der Waals surface area contributed by atoms with Crippen LogP contribution in [0.15, 0.2) is 0 Å². The Hall–Kier alpha value is 0.115. The zero-order chi connectivity index (χ0) is 32.4. The van der Waals surface area contributed by atoms with Crippen molar-refractivity contribution >= 4 is 77.7 Å². The maximum absolute atomic E-state index is 12.7. The number of carbonyl (C=O) groups excluding carboxylic acids is 2. The summed E-state index contributed by atoms with van der Waals surface area (Å²) in [6.45, 7) is 19.7. The van der Waals surface area contributed by atoms with E-state index in [-0.39, 0.29) is 28.2 Å². The van der Waals surface area contributed by atoms with Gasteiger partial charge >= 0.3 is 259 Å². The fourth-order valence-corrected chi connectivity index (χ4v) is 8.74. The van der Waals surface area contributed by atoms with E-state index in [0.717, 1.165) is 37.9 Å². The van der Waals surface area contributed by atoms with Gasteiger partial charge in [-0.3, -0.25) is 0 Å². The van der Waals surface area contributed by atoms with E-state index in [9.17, 15) is 9.59 Å². The third-order valence-electron chi connectivity index (χ3n) is 9.85. The van der Waals surface area contributed by atoms with Gasteiger partial charge in [-0.15, -0.1) is 0 Å². The van der Waals surface area contributed by atoms with Crippen molar-refractivity contribution < 1.29 is 14.3 Å². The van der Waals surface area contributed by atoms with Crippen LogP contribution in [0, 0.1) is 16.7 Å². The van der Waals surface area contributed by atoms with E-state index in [1.807, 2.05) is 40.3 Å². The van der Waals surface area contributed by atoms with Crippen LogP contribution in [-0.2, 0) is 14.3 Å². The van der Waals surface area contributed by atoms with E-state index in [2.05, 4.69) is 73.8 Å². The number of Topliss-reactive ketones (excluding diaryl/α,β-unsaturated/α-hetero) is 1. The molecule has 12 heteroatoms. The Morgan fingerprint density at radius 2 is 1.55 bits per heavy atom. The number of carbonyl (C=O) groups is 2. The van der Waals surface area contributed by atoms with Crippen LogP contribution in [0.25, 0.3) is 0 Å². The summed E-state index contributed by atoms with van der Waals surface area (Å²) in [5.41, 5.74) is 5.67. The van der Waals surface area contributed by atoms with E-state index in [1.165, 1.54) is 18.2 Å². The van der Waals surface area contributed by atoms with Gasteiger partial charge in [0.05, 0.1) is 0 Å². The molecule has 236 valence electrons. The van der Waals surface area contributed by atoms with Gasteiger partial charge in [0.25, 0.3) is 0 Å². The van der Waals surface area contributed by atoms with Crippen molar-refractivity contribution in [1.82, 2.24) is 5.32 Å². The Balaban J connectivity index is 2.69. The predicted molar refractivity (Wildman–Crippen MR) is 200 cm³/mol. The van der Waals surface area contributed by atoms with Gasteiger partial charge in [0.1, 0.15) is 0 Å². The molecule has 0 amide bonds. The second-order valence-electron chi connectivity index (χ2n) is 14.7. The molecule has 0 saturated heterocycles. The van der Waals surface area contributed by atoms with Crippen molar-refractivity contribution in [3.63, 3.8) is 0 Å². The number of rotatable bonds is 23. The Morgan fingerprint density at radius 1 is 0.976 bits per heavy atom. The molecule has 1 rings (SSSR count).